The Morgan fingerprint density at radius 2 is 1.59 bits per heavy atom. The average Bonchev–Trinajstić information content (AvgIpc) is 2.67. The molecular weight excluding hydrogens is 432 g/mol. The van der Waals surface area contributed by atoms with E-state index in [9.17, 15) is 15.0 Å². The summed E-state index contributed by atoms with van der Waals surface area (Å²) in [6.45, 7) is 3.06. The third-order valence-corrected chi connectivity index (χ3v) is 4.69. The van der Waals surface area contributed by atoms with Crippen molar-refractivity contribution in [1.29, 1.82) is 0 Å². The number of para-hydroxylation sites is 2. The molecule has 1 heterocycles. The summed E-state index contributed by atoms with van der Waals surface area (Å²) in [7, 11) is 0. The number of halogens is 1. The third kappa shape index (κ3) is 4.84. The molecule has 0 bridgehead atoms. The Morgan fingerprint density at radius 3 is 2.24 bits per heavy atom. The largest absolute Gasteiger partial charge is 0.508 e. The molecule has 6 heteroatoms. The second-order valence-corrected chi connectivity index (χ2v) is 7.64. The Morgan fingerprint density at radius 1 is 0.966 bits per heavy atom. The number of Topliss-reactive ketones (excluding diaryl/α,β-unsaturated/α-hetero) is 1. The number of hydrogen-bond donors (Lipinski definition) is 3. The molecule has 1 aliphatic heterocycles. The van der Waals surface area contributed by atoms with Crippen molar-refractivity contribution in [2.45, 2.75) is 19.9 Å². The normalized spacial score (nSPS) is 14.6. The van der Waals surface area contributed by atoms with Crippen LogP contribution in [0.4, 0.5) is 11.4 Å². The van der Waals surface area contributed by atoms with Crippen LogP contribution in [0.15, 0.2) is 76.2 Å². The quantitative estimate of drug-likeness (QED) is 0.462. The van der Waals surface area contributed by atoms with Gasteiger partial charge in [0.2, 0.25) is 0 Å². The number of aliphatic imine (C=N–C) groups is 1. The first-order valence-corrected chi connectivity index (χ1v) is 9.84. The predicted octanol–water partition coefficient (Wildman–Crippen LogP) is 5.74. The monoisotopic (exact) mass is 452 g/mol. The molecule has 1 aliphatic rings. The molecule has 29 heavy (non-hydrogen) atoms. The molecule has 1 atom stereocenters. The smallest absolute Gasteiger partial charge is 0.126 e. The zero-order valence-electron chi connectivity index (χ0n) is 16.1. The summed E-state index contributed by atoms with van der Waals surface area (Å²) in [5.41, 5.74) is 3.65. The fourth-order valence-electron chi connectivity index (χ4n) is 3.00. The van der Waals surface area contributed by atoms with Gasteiger partial charge in [0.15, 0.2) is 0 Å². The van der Waals surface area contributed by atoms with Crippen molar-refractivity contribution in [2.24, 2.45) is 4.99 Å². The lowest BCUT2D eigenvalue weighted by atomic mass is 9.93. The van der Waals surface area contributed by atoms with Gasteiger partial charge in [0.25, 0.3) is 0 Å². The minimum atomic E-state index is -0.378. The van der Waals surface area contributed by atoms with Gasteiger partial charge in [-0.05, 0) is 50.2 Å². The molecule has 0 amide bonds. The molecule has 0 saturated heterocycles. The summed E-state index contributed by atoms with van der Waals surface area (Å²) >= 11 is 3.47. The number of ketones is 1. The molecule has 3 aromatic rings. The zero-order chi connectivity index (χ0) is 21.0. The Kier molecular flexibility index (Phi) is 6.34. The molecule has 3 aromatic carbocycles. The number of anilines is 1. The Labute approximate surface area is 177 Å². The SMILES string of the molecule is CC(C)=O.Oc1ccccc1C1=Nc2ccc(Br)cc2N[C@@H]1c1ccccc1O. The van der Waals surface area contributed by atoms with Gasteiger partial charge in [0, 0.05) is 15.6 Å². The molecule has 0 spiro atoms. The maximum absolute atomic E-state index is 10.3. The number of benzene rings is 3. The topological polar surface area (TPSA) is 81.9 Å². The number of carbonyl (C=O) groups is 1. The highest BCUT2D eigenvalue weighted by molar-refractivity contribution is 9.10. The van der Waals surface area contributed by atoms with E-state index in [4.69, 9.17) is 4.99 Å². The molecule has 0 aliphatic carbocycles. The van der Waals surface area contributed by atoms with Gasteiger partial charge < -0.3 is 20.3 Å². The number of hydrogen-bond acceptors (Lipinski definition) is 5. The summed E-state index contributed by atoms with van der Waals surface area (Å²) in [5.74, 6) is 0.505. The fraction of sp³-hybridized carbons (Fsp3) is 0.130. The van der Waals surface area contributed by atoms with Crippen LogP contribution < -0.4 is 5.32 Å². The van der Waals surface area contributed by atoms with Crippen LogP contribution in [0.25, 0.3) is 0 Å². The lowest BCUT2D eigenvalue weighted by molar-refractivity contribution is -0.114. The van der Waals surface area contributed by atoms with Crippen molar-refractivity contribution in [2.75, 3.05) is 5.32 Å². The van der Waals surface area contributed by atoms with Crippen molar-refractivity contribution in [3.05, 3.63) is 82.3 Å². The van der Waals surface area contributed by atoms with Crippen molar-refractivity contribution < 1.29 is 15.0 Å². The molecule has 0 fully saturated rings. The van der Waals surface area contributed by atoms with Gasteiger partial charge in [-0.3, -0.25) is 0 Å². The number of phenols is 2. The van der Waals surface area contributed by atoms with Crippen LogP contribution in [-0.4, -0.2) is 21.7 Å². The van der Waals surface area contributed by atoms with Gasteiger partial charge in [0.1, 0.15) is 17.3 Å². The lowest BCUT2D eigenvalue weighted by Gasteiger charge is -2.28. The molecule has 0 radical (unpaired) electrons. The molecule has 4 rings (SSSR count). The van der Waals surface area contributed by atoms with E-state index in [2.05, 4.69) is 21.2 Å². The molecule has 0 aromatic heterocycles. The minimum absolute atomic E-state index is 0.157. The van der Waals surface area contributed by atoms with E-state index in [-0.39, 0.29) is 23.3 Å². The first kappa shape index (κ1) is 20.6. The highest BCUT2D eigenvalue weighted by Crippen LogP contribution is 2.41. The van der Waals surface area contributed by atoms with E-state index in [1.165, 1.54) is 13.8 Å². The van der Waals surface area contributed by atoms with Crippen molar-refractivity contribution in [3.63, 3.8) is 0 Å². The third-order valence-electron chi connectivity index (χ3n) is 4.20. The molecule has 3 N–H and O–H groups in total. The van der Waals surface area contributed by atoms with Crippen molar-refractivity contribution in [1.82, 2.24) is 0 Å². The van der Waals surface area contributed by atoms with E-state index >= 15 is 0 Å². The second-order valence-electron chi connectivity index (χ2n) is 6.72. The number of phenolic OH excluding ortho intramolecular Hbond substituents is 2. The molecule has 148 valence electrons. The van der Waals surface area contributed by atoms with E-state index in [0.717, 1.165) is 15.8 Å². The van der Waals surface area contributed by atoms with Gasteiger partial charge in [-0.25, -0.2) is 4.99 Å². The van der Waals surface area contributed by atoms with Crippen LogP contribution >= 0.6 is 15.9 Å². The Balaban J connectivity index is 0.000000552. The molecule has 0 unspecified atom stereocenters. The number of aromatic hydroxyl groups is 2. The van der Waals surface area contributed by atoms with Gasteiger partial charge >= 0.3 is 0 Å². The van der Waals surface area contributed by atoms with Crippen molar-refractivity contribution >= 4 is 38.8 Å². The first-order chi connectivity index (χ1) is 13.9. The van der Waals surface area contributed by atoms with Crippen LogP contribution in [0, 0.1) is 0 Å². The maximum atomic E-state index is 10.3. The summed E-state index contributed by atoms with van der Waals surface area (Å²) in [5, 5.41) is 24.1. The van der Waals surface area contributed by atoms with E-state index in [1.807, 2.05) is 42.5 Å². The number of carbonyl (C=O) groups excluding carboxylic acids is 1. The van der Waals surface area contributed by atoms with Crippen LogP contribution in [0.2, 0.25) is 0 Å². The zero-order valence-corrected chi connectivity index (χ0v) is 17.6. The maximum Gasteiger partial charge on any atom is 0.126 e. The van der Waals surface area contributed by atoms with Crippen molar-refractivity contribution in [3.8, 4) is 11.5 Å². The fourth-order valence-corrected chi connectivity index (χ4v) is 3.36. The van der Waals surface area contributed by atoms with E-state index < -0.39 is 0 Å². The van der Waals surface area contributed by atoms with Gasteiger partial charge in [0.05, 0.1) is 23.1 Å². The number of nitrogens with zero attached hydrogens (tertiary/aromatic N) is 1. The highest BCUT2D eigenvalue weighted by Gasteiger charge is 2.28. The van der Waals surface area contributed by atoms with Crippen LogP contribution in [0.1, 0.15) is 31.0 Å². The summed E-state index contributed by atoms with van der Waals surface area (Å²) < 4.78 is 0.941. The standard InChI is InChI=1S/C20H15BrN2O2.C3H6O/c21-12-9-10-15-16(11-12)23-20(14-6-2-4-8-18(14)25)19(22-15)13-5-1-3-7-17(13)24;1-3(2)4/h1-11,20,23-25H;1-2H3/t20-;/m1./s1. The van der Waals surface area contributed by atoms with Gasteiger partial charge in [-0.1, -0.05) is 46.3 Å². The van der Waals surface area contributed by atoms with Crippen LogP contribution in [-0.2, 0) is 4.79 Å². The highest BCUT2D eigenvalue weighted by atomic mass is 79.9. The summed E-state index contributed by atoms with van der Waals surface area (Å²) in [6, 6.07) is 19.7. The number of fused-ring (bicyclic) bond motifs is 1. The Hall–Kier alpha value is -3.12. The molecule has 0 saturated carbocycles. The average molecular weight is 453 g/mol. The molecule has 5 nitrogen and oxygen atoms in total. The number of nitrogens with one attached hydrogen (secondary N) is 1. The second kappa shape index (κ2) is 8.92. The van der Waals surface area contributed by atoms with Crippen LogP contribution in [0.3, 0.4) is 0 Å². The molecular formula is C23H21BrN2O3. The summed E-state index contributed by atoms with van der Waals surface area (Å²) in [4.78, 5) is 14.2. The van der Waals surface area contributed by atoms with Gasteiger partial charge in [-0.2, -0.15) is 0 Å². The summed E-state index contributed by atoms with van der Waals surface area (Å²) in [6.07, 6.45) is 0. The van der Waals surface area contributed by atoms with E-state index in [0.29, 0.717) is 16.8 Å². The predicted molar refractivity (Wildman–Crippen MR) is 119 cm³/mol. The first-order valence-electron chi connectivity index (χ1n) is 9.05. The van der Waals surface area contributed by atoms with Gasteiger partial charge in [-0.15, -0.1) is 0 Å². The number of rotatable bonds is 2. The lowest BCUT2D eigenvalue weighted by Crippen LogP contribution is -2.25. The Bertz CT molecular complexity index is 1080. The minimum Gasteiger partial charge on any atom is -0.508 e. The van der Waals surface area contributed by atoms with E-state index in [1.54, 1.807) is 24.3 Å². The van der Waals surface area contributed by atoms with Crippen LogP contribution in [0.5, 0.6) is 11.5 Å².